The SMILES string of the molecule is CCOC(=O)c1c(C)[nH]c(C(=O)C(C#N)=Cc2csc(-c3ccsc3)n2)c1C. The number of allylic oxidation sites excluding steroid dienone is 1. The summed E-state index contributed by atoms with van der Waals surface area (Å²) in [6, 6.07) is 3.91. The van der Waals surface area contributed by atoms with E-state index in [2.05, 4.69) is 9.97 Å². The number of nitrogens with zero attached hydrogens (tertiary/aromatic N) is 2. The second kappa shape index (κ2) is 8.33. The summed E-state index contributed by atoms with van der Waals surface area (Å²) in [6.45, 7) is 5.32. The molecule has 0 aliphatic heterocycles. The Bertz CT molecular complexity index is 1100. The lowest BCUT2D eigenvalue weighted by atomic mass is 10.0. The molecule has 0 spiro atoms. The van der Waals surface area contributed by atoms with E-state index in [4.69, 9.17) is 4.74 Å². The quantitative estimate of drug-likeness (QED) is 0.272. The maximum atomic E-state index is 12.9. The Kier molecular flexibility index (Phi) is 5.87. The van der Waals surface area contributed by atoms with Crippen LogP contribution in [-0.2, 0) is 4.74 Å². The second-order valence-electron chi connectivity index (χ2n) is 5.93. The van der Waals surface area contributed by atoms with Gasteiger partial charge in [0.1, 0.15) is 16.6 Å². The minimum absolute atomic E-state index is 0.0538. The van der Waals surface area contributed by atoms with E-state index in [0.29, 0.717) is 22.5 Å². The monoisotopic (exact) mass is 411 g/mol. The highest BCUT2D eigenvalue weighted by Crippen LogP contribution is 2.27. The molecule has 0 bridgehead atoms. The van der Waals surface area contributed by atoms with Gasteiger partial charge in [-0.2, -0.15) is 16.6 Å². The minimum Gasteiger partial charge on any atom is -0.462 e. The number of rotatable bonds is 6. The van der Waals surface area contributed by atoms with Gasteiger partial charge in [-0.25, -0.2) is 9.78 Å². The van der Waals surface area contributed by atoms with Gasteiger partial charge in [-0.3, -0.25) is 4.79 Å². The fourth-order valence-electron chi connectivity index (χ4n) is 2.79. The van der Waals surface area contributed by atoms with Crippen LogP contribution in [0, 0.1) is 25.2 Å². The number of ketones is 1. The fraction of sp³-hybridized carbons (Fsp3) is 0.200. The van der Waals surface area contributed by atoms with Crippen LogP contribution in [-0.4, -0.2) is 28.3 Å². The Balaban J connectivity index is 1.93. The van der Waals surface area contributed by atoms with Crippen LogP contribution in [0.4, 0.5) is 0 Å². The van der Waals surface area contributed by atoms with Crippen LogP contribution in [0.5, 0.6) is 0 Å². The predicted octanol–water partition coefficient (Wildman–Crippen LogP) is 4.78. The van der Waals surface area contributed by atoms with Gasteiger partial charge >= 0.3 is 5.97 Å². The lowest BCUT2D eigenvalue weighted by molar-refractivity contribution is 0.0525. The number of nitriles is 1. The number of aromatic amines is 1. The Labute approximate surface area is 170 Å². The Morgan fingerprint density at radius 2 is 2.14 bits per heavy atom. The number of thiophene rings is 1. The van der Waals surface area contributed by atoms with Gasteiger partial charge in [0, 0.05) is 22.0 Å². The maximum Gasteiger partial charge on any atom is 0.340 e. The van der Waals surface area contributed by atoms with Crippen LogP contribution in [0.25, 0.3) is 16.6 Å². The molecular weight excluding hydrogens is 394 g/mol. The number of hydrogen-bond donors (Lipinski definition) is 1. The zero-order chi connectivity index (χ0) is 20.3. The van der Waals surface area contributed by atoms with Crippen molar-refractivity contribution in [2.45, 2.75) is 20.8 Å². The molecule has 0 radical (unpaired) electrons. The number of H-pyrrole nitrogens is 1. The summed E-state index contributed by atoms with van der Waals surface area (Å²) in [5.74, 6) is -0.973. The predicted molar refractivity (Wildman–Crippen MR) is 110 cm³/mol. The van der Waals surface area contributed by atoms with Crippen LogP contribution in [0.3, 0.4) is 0 Å². The Morgan fingerprint density at radius 1 is 1.36 bits per heavy atom. The van der Waals surface area contributed by atoms with Gasteiger partial charge in [-0.1, -0.05) is 0 Å². The highest BCUT2D eigenvalue weighted by Gasteiger charge is 2.25. The maximum absolute atomic E-state index is 12.9. The third kappa shape index (κ3) is 3.81. The van der Waals surface area contributed by atoms with E-state index in [1.165, 1.54) is 17.4 Å². The van der Waals surface area contributed by atoms with Gasteiger partial charge in [0.05, 0.1) is 23.6 Å². The van der Waals surface area contributed by atoms with Gasteiger partial charge in [0.2, 0.25) is 5.78 Å². The molecular formula is C20H17N3O3S2. The van der Waals surface area contributed by atoms with Gasteiger partial charge in [0.25, 0.3) is 0 Å². The molecule has 3 aromatic heterocycles. The Morgan fingerprint density at radius 3 is 2.79 bits per heavy atom. The first-order valence-electron chi connectivity index (χ1n) is 8.47. The zero-order valence-electron chi connectivity index (χ0n) is 15.5. The highest BCUT2D eigenvalue weighted by molar-refractivity contribution is 7.14. The van der Waals surface area contributed by atoms with E-state index >= 15 is 0 Å². The zero-order valence-corrected chi connectivity index (χ0v) is 17.2. The van der Waals surface area contributed by atoms with Crippen molar-refractivity contribution in [1.29, 1.82) is 5.26 Å². The average molecular weight is 412 g/mol. The topological polar surface area (TPSA) is 95.8 Å². The molecule has 6 nitrogen and oxygen atoms in total. The summed E-state index contributed by atoms with van der Waals surface area (Å²) in [5, 5.41) is 16.1. The largest absolute Gasteiger partial charge is 0.462 e. The van der Waals surface area contributed by atoms with E-state index in [1.807, 2.05) is 22.9 Å². The lowest BCUT2D eigenvalue weighted by Gasteiger charge is -2.02. The first-order valence-corrected chi connectivity index (χ1v) is 10.3. The third-order valence-corrected chi connectivity index (χ3v) is 5.68. The van der Waals surface area contributed by atoms with Gasteiger partial charge in [-0.05, 0) is 43.9 Å². The van der Waals surface area contributed by atoms with Crippen molar-refractivity contribution in [2.75, 3.05) is 6.61 Å². The van der Waals surface area contributed by atoms with Crippen LogP contribution < -0.4 is 0 Å². The van der Waals surface area contributed by atoms with E-state index in [9.17, 15) is 14.9 Å². The van der Waals surface area contributed by atoms with Crippen LogP contribution >= 0.6 is 22.7 Å². The molecule has 0 unspecified atom stereocenters. The first kappa shape index (κ1) is 19.7. The summed E-state index contributed by atoms with van der Waals surface area (Å²) < 4.78 is 5.05. The fourth-order valence-corrected chi connectivity index (χ4v) is 4.28. The number of carbonyl (C=O) groups excluding carboxylic acids is 2. The van der Waals surface area contributed by atoms with Crippen molar-refractivity contribution < 1.29 is 14.3 Å². The normalized spacial score (nSPS) is 11.3. The number of carbonyl (C=O) groups is 2. The van der Waals surface area contributed by atoms with E-state index in [1.54, 1.807) is 37.5 Å². The average Bonchev–Trinajstić information content (AvgIpc) is 3.39. The smallest absolute Gasteiger partial charge is 0.340 e. The molecule has 0 aromatic carbocycles. The van der Waals surface area contributed by atoms with Crippen molar-refractivity contribution >= 4 is 40.5 Å². The number of ether oxygens (including phenoxy) is 1. The number of thiazole rings is 1. The summed E-state index contributed by atoms with van der Waals surface area (Å²) in [5.41, 5.74) is 3.04. The van der Waals surface area contributed by atoms with E-state index in [-0.39, 0.29) is 17.9 Å². The van der Waals surface area contributed by atoms with Crippen molar-refractivity contribution in [1.82, 2.24) is 9.97 Å². The van der Waals surface area contributed by atoms with Crippen LogP contribution in [0.2, 0.25) is 0 Å². The van der Waals surface area contributed by atoms with Crippen molar-refractivity contribution in [2.24, 2.45) is 0 Å². The van der Waals surface area contributed by atoms with Crippen LogP contribution in [0.1, 0.15) is 44.7 Å². The molecule has 0 saturated carbocycles. The summed E-state index contributed by atoms with van der Waals surface area (Å²) >= 11 is 3.03. The van der Waals surface area contributed by atoms with Crippen molar-refractivity contribution in [3.63, 3.8) is 0 Å². The number of esters is 1. The van der Waals surface area contributed by atoms with Crippen LogP contribution in [0.15, 0.2) is 27.8 Å². The molecule has 28 heavy (non-hydrogen) atoms. The molecule has 0 saturated heterocycles. The second-order valence-corrected chi connectivity index (χ2v) is 7.57. The summed E-state index contributed by atoms with van der Waals surface area (Å²) in [7, 11) is 0. The molecule has 142 valence electrons. The van der Waals surface area contributed by atoms with E-state index in [0.717, 1.165) is 10.6 Å². The van der Waals surface area contributed by atoms with Gasteiger partial charge in [-0.15, -0.1) is 11.3 Å². The first-order chi connectivity index (χ1) is 13.5. The summed E-state index contributed by atoms with van der Waals surface area (Å²) in [6.07, 6.45) is 1.47. The molecule has 3 aromatic rings. The molecule has 0 aliphatic rings. The highest BCUT2D eigenvalue weighted by atomic mass is 32.1. The molecule has 0 fully saturated rings. The van der Waals surface area contributed by atoms with Crippen molar-refractivity contribution in [3.05, 3.63) is 56.0 Å². The van der Waals surface area contributed by atoms with Gasteiger partial charge in [0.15, 0.2) is 0 Å². The number of Topliss-reactive ketones (excluding diaryl/α,β-unsaturated/α-hetero) is 1. The molecule has 3 heterocycles. The molecule has 0 amide bonds. The standard InChI is InChI=1S/C20H17N3O3S2/c1-4-26-20(25)16-11(2)17(22-12(16)3)18(24)14(8-21)7-15-10-28-19(23-15)13-5-6-27-9-13/h5-7,9-10,22H,4H2,1-3H3. The summed E-state index contributed by atoms with van der Waals surface area (Å²) in [4.78, 5) is 32.4. The lowest BCUT2D eigenvalue weighted by Crippen LogP contribution is -2.08. The molecule has 0 atom stereocenters. The molecule has 0 aliphatic carbocycles. The van der Waals surface area contributed by atoms with Gasteiger partial charge < -0.3 is 9.72 Å². The van der Waals surface area contributed by atoms with E-state index < -0.39 is 11.8 Å². The minimum atomic E-state index is -0.491. The molecule has 3 rings (SSSR count). The number of nitrogens with one attached hydrogen (secondary N) is 1. The Hall–Kier alpha value is -3.02. The number of aromatic nitrogens is 2. The molecule has 8 heteroatoms. The number of aryl methyl sites for hydroxylation is 1. The third-order valence-electron chi connectivity index (χ3n) is 4.09. The molecule has 1 N–H and O–H groups in total. The van der Waals surface area contributed by atoms with Crippen molar-refractivity contribution in [3.8, 4) is 16.6 Å². The number of hydrogen-bond acceptors (Lipinski definition) is 7.